The highest BCUT2D eigenvalue weighted by Crippen LogP contribution is 2.32. The van der Waals surface area contributed by atoms with Crippen molar-refractivity contribution in [2.45, 2.75) is 82.3 Å². The van der Waals surface area contributed by atoms with Crippen molar-refractivity contribution in [3.05, 3.63) is 235 Å². The third-order valence-corrected chi connectivity index (χ3v) is 17.6. The lowest BCUT2D eigenvalue weighted by molar-refractivity contribution is -0.137. The van der Waals surface area contributed by atoms with Crippen LogP contribution in [-0.4, -0.2) is 63.4 Å². The van der Waals surface area contributed by atoms with E-state index in [0.29, 0.717) is 106 Å². The van der Waals surface area contributed by atoms with Crippen molar-refractivity contribution in [1.29, 1.82) is 0 Å². The molecule has 0 bridgehead atoms. The van der Waals surface area contributed by atoms with Crippen LogP contribution in [-0.2, 0) is 14.3 Å². The number of ether oxygens (including phenoxy) is 6. The molecule has 6 heterocycles. The average Bonchev–Trinajstić information content (AvgIpc) is 0.837. The first kappa shape index (κ1) is 81.7. The van der Waals surface area contributed by atoms with Gasteiger partial charge in [0, 0.05) is 95.4 Å². The van der Waals surface area contributed by atoms with E-state index >= 15 is 0 Å². The highest BCUT2D eigenvalue weighted by Gasteiger charge is 2.18. The van der Waals surface area contributed by atoms with E-state index in [1.54, 1.807) is 143 Å². The van der Waals surface area contributed by atoms with Gasteiger partial charge in [0.2, 0.25) is 0 Å². The van der Waals surface area contributed by atoms with E-state index in [1.165, 1.54) is 43.2 Å². The number of carbonyl (C=O) groups is 4. The van der Waals surface area contributed by atoms with Crippen molar-refractivity contribution in [2.24, 2.45) is 5.92 Å². The largest absolute Gasteiger partial charge is 0.497 e. The van der Waals surface area contributed by atoms with Crippen molar-refractivity contribution in [1.82, 2.24) is 4.90 Å². The molecule has 0 aliphatic rings. The summed E-state index contributed by atoms with van der Waals surface area (Å²) in [4.78, 5) is 115. The van der Waals surface area contributed by atoms with Crippen molar-refractivity contribution in [2.75, 3.05) is 33.6 Å². The summed E-state index contributed by atoms with van der Waals surface area (Å²) in [6.45, 7) is 19.2. The van der Waals surface area contributed by atoms with Crippen LogP contribution in [0.4, 0.5) is 15.3 Å². The van der Waals surface area contributed by atoms with E-state index < -0.39 is 51.9 Å². The summed E-state index contributed by atoms with van der Waals surface area (Å²) in [5, 5.41) is 7.51. The number of halogens is 6. The van der Waals surface area contributed by atoms with Gasteiger partial charge in [-0.05, 0) is 162 Å². The van der Waals surface area contributed by atoms with Crippen LogP contribution in [0.1, 0.15) is 68.0 Å². The number of aryl methyl sites for hydroxylation is 6. The summed E-state index contributed by atoms with van der Waals surface area (Å²) in [5.41, 5.74) is 3.43. The zero-order valence-electron chi connectivity index (χ0n) is 58.7. The van der Waals surface area contributed by atoms with E-state index in [-0.39, 0.29) is 48.1 Å². The van der Waals surface area contributed by atoms with Gasteiger partial charge >= 0.3 is 57.9 Å². The Hall–Kier alpha value is -10.6. The van der Waals surface area contributed by atoms with Gasteiger partial charge in [-0.25, -0.2) is 38.4 Å². The highest BCUT2D eigenvalue weighted by molar-refractivity contribution is 6.33. The number of amides is 2. The minimum Gasteiger partial charge on any atom is -0.497 e. The monoisotopic (exact) mass is 1560 g/mol. The number of rotatable bonds is 8. The normalized spacial score (nSPS) is 10.7. The molecule has 0 radical (unpaired) electrons. The summed E-state index contributed by atoms with van der Waals surface area (Å²) in [7, 11) is 5.98. The Balaban J connectivity index is 0.000000176. The lowest BCUT2D eigenvalue weighted by Gasteiger charge is -2.11. The molecule has 105 heavy (non-hydrogen) atoms. The number of hydrogen-bond donors (Lipinski definition) is 1. The Morgan fingerprint density at radius 3 is 0.962 bits per heavy atom. The number of nitrogens with zero attached hydrogens (tertiary/aromatic N) is 1. The van der Waals surface area contributed by atoms with E-state index in [0.717, 1.165) is 27.3 Å². The number of nitrogens with one attached hydrogen (secondary N) is 1. The maximum atomic E-state index is 11.5. The van der Waals surface area contributed by atoms with Crippen molar-refractivity contribution in [3.63, 3.8) is 0 Å². The topological polar surface area (TPSA) is 320 Å². The van der Waals surface area contributed by atoms with Gasteiger partial charge in [0.25, 0.3) is 0 Å². The molecular formula is C75H66Cl6N2O22. The number of benzene rings is 6. The number of esters is 2. The molecule has 0 aliphatic heterocycles. The molecule has 0 unspecified atom stereocenters. The Bertz CT molecular complexity index is 5610. The van der Waals surface area contributed by atoms with Gasteiger partial charge in [-0.1, -0.05) is 83.5 Å². The molecule has 0 saturated heterocycles. The molecule has 0 atom stereocenters. The Kier molecular flexibility index (Phi) is 27.8. The van der Waals surface area contributed by atoms with Crippen LogP contribution in [0, 0.1) is 47.5 Å². The van der Waals surface area contributed by atoms with Gasteiger partial charge in [0.1, 0.15) is 92.4 Å². The molecule has 0 spiro atoms. The zero-order chi connectivity index (χ0) is 77.7. The number of carbonyl (C=O) groups excluding carboxylic acids is 4. The molecule has 0 fully saturated rings. The van der Waals surface area contributed by atoms with Crippen LogP contribution in [0.3, 0.4) is 0 Å². The smallest absolute Gasteiger partial charge is 0.414 e. The molecule has 0 aliphatic carbocycles. The van der Waals surface area contributed by atoms with Crippen LogP contribution in [0.25, 0.3) is 65.8 Å². The minimum atomic E-state index is -0.609. The van der Waals surface area contributed by atoms with Crippen LogP contribution in [0.2, 0.25) is 30.1 Å². The summed E-state index contributed by atoms with van der Waals surface area (Å²) < 4.78 is 60.6. The van der Waals surface area contributed by atoms with Crippen LogP contribution in [0.5, 0.6) is 28.7 Å². The van der Waals surface area contributed by atoms with E-state index in [2.05, 4.69) is 10.1 Å². The number of methoxy groups -OCH3 is 2. The predicted molar refractivity (Wildman–Crippen MR) is 403 cm³/mol. The maximum absolute atomic E-state index is 11.5. The molecule has 6 aromatic heterocycles. The molecule has 6 aromatic carbocycles. The third-order valence-electron chi connectivity index (χ3n) is 15.0. The van der Waals surface area contributed by atoms with E-state index in [9.17, 15) is 47.9 Å². The average molecular weight is 1560 g/mol. The van der Waals surface area contributed by atoms with Gasteiger partial charge < -0.3 is 59.8 Å². The second kappa shape index (κ2) is 35.7. The van der Waals surface area contributed by atoms with Crippen molar-refractivity contribution >= 4 is 165 Å². The fraction of sp³-hybridized carbons (Fsp3) is 0.227. The number of fused-ring (bicyclic) bond motifs is 6. The summed E-state index contributed by atoms with van der Waals surface area (Å²) >= 11 is 34.9. The lowest BCUT2D eigenvalue weighted by atomic mass is 10.1. The fourth-order valence-corrected chi connectivity index (χ4v) is 10.2. The lowest BCUT2D eigenvalue weighted by Crippen LogP contribution is -2.25. The van der Waals surface area contributed by atoms with Gasteiger partial charge in [-0.15, -0.1) is 0 Å². The standard InChI is InChI=1S/C14H13ClO4.C13H12ClNO4.C13H13ClO3.C12H10ClNO4.C12H9ClO4.C11H9ClO3/c1-7(2)13(16)18-9-4-5-10-8(3)12(15)14(17)19-11(10)6-9;1-7-9-5-4-8(18-13(17)15(2)3)6-10(9)19-12(16)11(7)14;1-7(2)16-9-4-5-10-8(3)12(14)13(15)17-11(10)6-9;1-6-8-4-3-7(14-12(16)17-2)5-9(8)18-11(15)10(6)13;1-6-9-4-3-8(16-7(2)14)5-10(9)17-12(15)11(6)13;1-6-8-4-3-7(14-2)5-9(8)15-11(13)10(6)12/h4-7H,1-3H3;4-6H,1-3H3;4-7H,1-3H3;3-5H,1-2H3,(H,14,16);3-5H,1-2H3;3-5H,1-2H3. The van der Waals surface area contributed by atoms with Crippen LogP contribution >= 0.6 is 69.6 Å². The second-order valence-corrected chi connectivity index (χ2v) is 25.7. The van der Waals surface area contributed by atoms with Crippen molar-refractivity contribution < 1.29 is 74.1 Å². The molecular weight excluding hydrogens is 1490 g/mol. The molecule has 24 nitrogen and oxygen atoms in total. The molecule has 550 valence electrons. The number of anilines is 1. The molecule has 2 amide bonds. The highest BCUT2D eigenvalue weighted by atomic mass is 35.5. The van der Waals surface area contributed by atoms with E-state index in [4.69, 9.17) is 120 Å². The summed E-state index contributed by atoms with van der Waals surface area (Å²) in [6, 6.07) is 30.1. The third kappa shape index (κ3) is 20.4. The van der Waals surface area contributed by atoms with Gasteiger partial charge in [-0.3, -0.25) is 14.9 Å². The van der Waals surface area contributed by atoms with Crippen LogP contribution in [0.15, 0.2) is 164 Å². The van der Waals surface area contributed by atoms with Crippen molar-refractivity contribution in [3.8, 4) is 28.7 Å². The Morgan fingerprint density at radius 1 is 0.390 bits per heavy atom. The molecule has 12 rings (SSSR count). The molecule has 1 N–H and O–H groups in total. The molecule has 12 aromatic rings. The molecule has 30 heteroatoms. The maximum Gasteiger partial charge on any atom is 0.414 e. The first-order valence-corrected chi connectivity index (χ1v) is 33.4. The summed E-state index contributed by atoms with van der Waals surface area (Å²) in [5.74, 6) is 1.30. The quantitative estimate of drug-likeness (QED) is 0.0839. The van der Waals surface area contributed by atoms with E-state index in [1.807, 2.05) is 32.0 Å². The fourth-order valence-electron chi connectivity index (χ4n) is 9.40. The molecule has 0 saturated carbocycles. The summed E-state index contributed by atoms with van der Waals surface area (Å²) in [6.07, 6.45) is -1.03. The first-order chi connectivity index (χ1) is 49.4. The predicted octanol–water partition coefficient (Wildman–Crippen LogP) is 18.1. The number of hydrogen-bond acceptors (Lipinski definition) is 22. The Morgan fingerprint density at radius 2 is 0.667 bits per heavy atom. The second-order valence-electron chi connectivity index (χ2n) is 23.4. The van der Waals surface area contributed by atoms with Gasteiger partial charge in [0.15, 0.2) is 0 Å². The SMILES string of the molecule is CC(=O)Oc1ccc2c(C)c(Cl)c(=O)oc2c1.COC(=O)Nc1ccc2c(C)c(Cl)c(=O)oc2c1.COc1ccc2c(C)c(Cl)c(=O)oc2c1.Cc1c(Cl)c(=O)oc2cc(OC(=O)C(C)C)ccc12.Cc1c(Cl)c(=O)oc2cc(OC(=O)N(C)C)ccc12.Cc1c(Cl)c(=O)oc2cc(OC(C)C)ccc12. The van der Waals surface area contributed by atoms with Gasteiger partial charge in [-0.2, -0.15) is 0 Å². The van der Waals surface area contributed by atoms with Crippen LogP contribution < -0.4 is 62.8 Å². The first-order valence-electron chi connectivity index (χ1n) is 31.2. The van der Waals surface area contributed by atoms with Gasteiger partial charge in [0.05, 0.1) is 26.2 Å². The minimum absolute atomic E-state index is 0.0607. The zero-order valence-corrected chi connectivity index (χ0v) is 63.3. The Labute approximate surface area is 626 Å².